The lowest BCUT2D eigenvalue weighted by Crippen LogP contribution is -1.97. The van der Waals surface area contributed by atoms with E-state index < -0.39 is 0 Å². The molecule has 0 aliphatic heterocycles. The fraction of sp³-hybridized carbons (Fsp3) is 0.111. The van der Waals surface area contributed by atoms with Gasteiger partial charge in [0.15, 0.2) is 0 Å². The molecule has 0 aliphatic rings. The Labute approximate surface area is 132 Å². The number of hydrogen-bond acceptors (Lipinski definition) is 2. The molecule has 0 heterocycles. The number of aliphatic hydroxyl groups excluding tert-OH is 1. The van der Waals surface area contributed by atoms with E-state index in [0.29, 0.717) is 6.61 Å². The third kappa shape index (κ3) is 3.09. The molecule has 0 saturated heterocycles. The van der Waals surface area contributed by atoms with Crippen LogP contribution in [0.2, 0.25) is 0 Å². The van der Waals surface area contributed by atoms with E-state index in [4.69, 9.17) is 4.74 Å². The fourth-order valence-corrected chi connectivity index (χ4v) is 2.71. The number of aliphatic hydroxyl groups is 1. The van der Waals surface area contributed by atoms with Crippen LogP contribution in [-0.4, -0.2) is 5.11 Å². The number of rotatable bonds is 4. The van der Waals surface area contributed by atoms with Gasteiger partial charge in [0.25, 0.3) is 0 Å². The van der Waals surface area contributed by atoms with E-state index in [9.17, 15) is 5.11 Å². The van der Waals surface area contributed by atoms with Gasteiger partial charge in [-0.1, -0.05) is 58.4 Å². The highest BCUT2D eigenvalue weighted by Gasteiger charge is 2.04. The van der Waals surface area contributed by atoms with Crippen molar-refractivity contribution in [1.82, 2.24) is 0 Å². The summed E-state index contributed by atoms with van der Waals surface area (Å²) in [6.45, 7) is 0.500. The van der Waals surface area contributed by atoms with E-state index in [1.165, 1.54) is 10.8 Å². The molecule has 0 atom stereocenters. The Bertz CT molecular complexity index is 763. The molecule has 0 radical (unpaired) electrons. The van der Waals surface area contributed by atoms with Crippen molar-refractivity contribution in [2.24, 2.45) is 0 Å². The first-order valence-electron chi connectivity index (χ1n) is 6.76. The van der Waals surface area contributed by atoms with Crippen LogP contribution in [0.5, 0.6) is 5.75 Å². The van der Waals surface area contributed by atoms with Crippen LogP contribution in [0.25, 0.3) is 10.8 Å². The lowest BCUT2D eigenvalue weighted by atomic mass is 10.1. The zero-order valence-corrected chi connectivity index (χ0v) is 13.0. The van der Waals surface area contributed by atoms with Gasteiger partial charge >= 0.3 is 0 Å². The molecule has 0 aromatic heterocycles. The van der Waals surface area contributed by atoms with Gasteiger partial charge in [-0.15, -0.1) is 0 Å². The van der Waals surface area contributed by atoms with Crippen LogP contribution in [0.15, 0.2) is 65.1 Å². The molecule has 3 heteroatoms. The number of fused-ring (bicyclic) bond motifs is 1. The molecule has 0 bridgehead atoms. The quantitative estimate of drug-likeness (QED) is 0.746. The Hall–Kier alpha value is -1.84. The van der Waals surface area contributed by atoms with Gasteiger partial charge in [-0.25, -0.2) is 0 Å². The third-order valence-corrected chi connectivity index (χ3v) is 4.24. The molecule has 0 unspecified atom stereocenters. The second-order valence-electron chi connectivity index (χ2n) is 4.84. The predicted molar refractivity (Wildman–Crippen MR) is 88.3 cm³/mol. The van der Waals surface area contributed by atoms with Gasteiger partial charge in [0, 0.05) is 4.47 Å². The van der Waals surface area contributed by atoms with Crippen molar-refractivity contribution in [3.05, 3.63) is 76.3 Å². The summed E-state index contributed by atoms with van der Waals surface area (Å²) < 4.78 is 6.76. The van der Waals surface area contributed by atoms with Crippen LogP contribution >= 0.6 is 15.9 Å². The number of halogens is 1. The normalized spacial score (nSPS) is 10.8. The molecular weight excluding hydrogens is 328 g/mol. The van der Waals surface area contributed by atoms with Crippen molar-refractivity contribution in [3.8, 4) is 5.75 Å². The number of benzene rings is 3. The fourth-order valence-electron chi connectivity index (χ4n) is 2.34. The highest BCUT2D eigenvalue weighted by atomic mass is 79.9. The average molecular weight is 343 g/mol. The van der Waals surface area contributed by atoms with Gasteiger partial charge in [-0.3, -0.25) is 0 Å². The van der Waals surface area contributed by atoms with Gasteiger partial charge in [-0.2, -0.15) is 0 Å². The standard InChI is InChI=1S/C18H15BrO2/c19-18-9-8-16(10-15(18)11-20)21-12-14-6-3-5-13-4-1-2-7-17(13)14/h1-10,20H,11-12H2. The first-order valence-corrected chi connectivity index (χ1v) is 7.56. The molecule has 1 N–H and O–H groups in total. The van der Waals surface area contributed by atoms with Crippen LogP contribution < -0.4 is 4.74 Å². The number of ether oxygens (including phenoxy) is 1. The summed E-state index contributed by atoms with van der Waals surface area (Å²) in [5.74, 6) is 0.759. The first kappa shape index (κ1) is 14.1. The predicted octanol–water partition coefficient (Wildman–Crippen LogP) is 4.67. The van der Waals surface area contributed by atoms with E-state index in [2.05, 4.69) is 40.2 Å². The van der Waals surface area contributed by atoms with Crippen molar-refractivity contribution in [2.45, 2.75) is 13.2 Å². The molecule has 3 aromatic carbocycles. The summed E-state index contributed by atoms with van der Waals surface area (Å²) in [7, 11) is 0. The molecule has 0 saturated carbocycles. The lowest BCUT2D eigenvalue weighted by molar-refractivity contribution is 0.277. The molecule has 0 aliphatic carbocycles. The van der Waals surface area contributed by atoms with Crippen LogP contribution in [-0.2, 0) is 13.2 Å². The minimum absolute atomic E-state index is 0.00789. The summed E-state index contributed by atoms with van der Waals surface area (Å²) in [5.41, 5.74) is 1.98. The second-order valence-corrected chi connectivity index (χ2v) is 5.69. The van der Waals surface area contributed by atoms with Gasteiger partial charge in [-0.05, 0) is 40.1 Å². The lowest BCUT2D eigenvalue weighted by Gasteiger charge is -2.10. The summed E-state index contributed by atoms with van der Waals surface area (Å²) in [6.07, 6.45) is 0. The largest absolute Gasteiger partial charge is 0.489 e. The molecule has 3 rings (SSSR count). The topological polar surface area (TPSA) is 29.5 Å². The smallest absolute Gasteiger partial charge is 0.120 e. The van der Waals surface area contributed by atoms with Crippen LogP contribution in [0.4, 0.5) is 0 Å². The zero-order valence-electron chi connectivity index (χ0n) is 11.4. The van der Waals surface area contributed by atoms with Crippen LogP contribution in [0, 0.1) is 0 Å². The molecule has 0 fully saturated rings. The van der Waals surface area contributed by atoms with E-state index in [1.54, 1.807) is 0 Å². The summed E-state index contributed by atoms with van der Waals surface area (Å²) in [5, 5.41) is 11.7. The van der Waals surface area contributed by atoms with Crippen molar-refractivity contribution >= 4 is 26.7 Å². The molecular formula is C18H15BrO2. The Morgan fingerprint density at radius 2 is 1.71 bits per heavy atom. The maximum atomic E-state index is 9.28. The molecule has 21 heavy (non-hydrogen) atoms. The molecule has 0 amide bonds. The van der Waals surface area contributed by atoms with Gasteiger partial charge in [0.05, 0.1) is 6.61 Å². The zero-order chi connectivity index (χ0) is 14.7. The van der Waals surface area contributed by atoms with Gasteiger partial charge in [0.1, 0.15) is 12.4 Å². The first-order chi connectivity index (χ1) is 10.3. The van der Waals surface area contributed by atoms with Crippen molar-refractivity contribution < 1.29 is 9.84 Å². The summed E-state index contributed by atoms with van der Waals surface area (Å²) in [4.78, 5) is 0. The Balaban J connectivity index is 1.83. The molecule has 3 aromatic rings. The maximum Gasteiger partial charge on any atom is 0.120 e. The summed E-state index contributed by atoms with van der Waals surface area (Å²) in [6, 6.07) is 20.1. The van der Waals surface area contributed by atoms with E-state index in [1.807, 2.05) is 36.4 Å². The van der Waals surface area contributed by atoms with E-state index >= 15 is 0 Å². The van der Waals surface area contributed by atoms with Crippen molar-refractivity contribution in [3.63, 3.8) is 0 Å². The summed E-state index contributed by atoms with van der Waals surface area (Å²) >= 11 is 3.40. The molecule has 106 valence electrons. The maximum absolute atomic E-state index is 9.28. The second kappa shape index (κ2) is 6.29. The van der Waals surface area contributed by atoms with Crippen LogP contribution in [0.1, 0.15) is 11.1 Å². The van der Waals surface area contributed by atoms with Gasteiger partial charge < -0.3 is 9.84 Å². The minimum Gasteiger partial charge on any atom is -0.489 e. The van der Waals surface area contributed by atoms with Crippen LogP contribution in [0.3, 0.4) is 0 Å². The SMILES string of the molecule is OCc1cc(OCc2cccc3ccccc23)ccc1Br. The Morgan fingerprint density at radius 3 is 2.57 bits per heavy atom. The average Bonchev–Trinajstić information content (AvgIpc) is 2.54. The molecule has 2 nitrogen and oxygen atoms in total. The van der Waals surface area contributed by atoms with Crippen molar-refractivity contribution in [1.29, 1.82) is 0 Å². The molecule has 0 spiro atoms. The Kier molecular flexibility index (Phi) is 4.23. The highest BCUT2D eigenvalue weighted by Crippen LogP contribution is 2.24. The van der Waals surface area contributed by atoms with E-state index in [-0.39, 0.29) is 6.61 Å². The van der Waals surface area contributed by atoms with Gasteiger partial charge in [0.2, 0.25) is 0 Å². The third-order valence-electron chi connectivity index (χ3n) is 3.46. The minimum atomic E-state index is -0.00789. The van der Waals surface area contributed by atoms with E-state index in [0.717, 1.165) is 21.3 Å². The Morgan fingerprint density at radius 1 is 0.905 bits per heavy atom. The van der Waals surface area contributed by atoms with Crippen molar-refractivity contribution in [2.75, 3.05) is 0 Å². The highest BCUT2D eigenvalue weighted by molar-refractivity contribution is 9.10. The monoisotopic (exact) mass is 342 g/mol. The number of hydrogen-bond donors (Lipinski definition) is 1.